The Balaban J connectivity index is 2.58. The van der Waals surface area contributed by atoms with Gasteiger partial charge in [-0.1, -0.05) is 26.0 Å². The summed E-state index contributed by atoms with van der Waals surface area (Å²) >= 11 is 0. The minimum Gasteiger partial charge on any atom is -0.481 e. The molecular weight excluding hydrogens is 268 g/mol. The Hall–Kier alpha value is -2.23. The van der Waals surface area contributed by atoms with Crippen LogP contribution in [-0.4, -0.2) is 22.6 Å². The molecule has 0 unspecified atom stereocenters. The van der Waals surface area contributed by atoms with E-state index in [0.29, 0.717) is 22.3 Å². The van der Waals surface area contributed by atoms with Crippen LogP contribution in [0.25, 0.3) is 6.08 Å². The van der Waals surface area contributed by atoms with Gasteiger partial charge in [-0.25, -0.2) is 0 Å². The number of benzene rings is 1. The van der Waals surface area contributed by atoms with Gasteiger partial charge in [-0.3, -0.25) is 14.4 Å². The zero-order valence-electron chi connectivity index (χ0n) is 12.4. The largest absolute Gasteiger partial charge is 0.481 e. The first-order valence-electron chi connectivity index (χ1n) is 6.97. The first kappa shape index (κ1) is 15.2. The van der Waals surface area contributed by atoms with Crippen LogP contribution < -0.4 is 0 Å². The number of hydrogen-bond acceptors (Lipinski definition) is 3. The third-order valence-corrected chi connectivity index (χ3v) is 3.80. The Kier molecular flexibility index (Phi) is 4.07. The van der Waals surface area contributed by atoms with Crippen molar-refractivity contribution in [3.8, 4) is 0 Å². The molecule has 0 saturated carbocycles. The number of aryl methyl sites for hydroxylation is 1. The van der Waals surface area contributed by atoms with Crippen molar-refractivity contribution in [2.24, 2.45) is 5.92 Å². The summed E-state index contributed by atoms with van der Waals surface area (Å²) in [5.74, 6) is -1.92. The maximum atomic E-state index is 12.4. The SMILES string of the molecule is Cc1ccc2c(c1CCC(=O)O)C(=O)C(=O)C(C(C)C)=C2. The highest BCUT2D eigenvalue weighted by molar-refractivity contribution is 6.52. The molecule has 0 aliphatic heterocycles. The van der Waals surface area contributed by atoms with E-state index in [4.69, 9.17) is 5.11 Å². The Morgan fingerprint density at radius 1 is 1.19 bits per heavy atom. The van der Waals surface area contributed by atoms with Gasteiger partial charge in [0.1, 0.15) is 0 Å². The number of ketones is 2. The van der Waals surface area contributed by atoms with Crippen molar-refractivity contribution < 1.29 is 19.5 Å². The summed E-state index contributed by atoms with van der Waals surface area (Å²) in [5.41, 5.74) is 3.13. The lowest BCUT2D eigenvalue weighted by molar-refractivity contribution is -0.136. The van der Waals surface area contributed by atoms with Gasteiger partial charge in [0, 0.05) is 17.6 Å². The smallest absolute Gasteiger partial charge is 0.303 e. The lowest BCUT2D eigenvalue weighted by Crippen LogP contribution is -2.26. The monoisotopic (exact) mass is 286 g/mol. The molecule has 0 amide bonds. The summed E-state index contributed by atoms with van der Waals surface area (Å²) in [6.07, 6.45) is 1.96. The Morgan fingerprint density at radius 3 is 2.43 bits per heavy atom. The van der Waals surface area contributed by atoms with Crippen LogP contribution in [0.5, 0.6) is 0 Å². The summed E-state index contributed by atoms with van der Waals surface area (Å²) in [4.78, 5) is 35.4. The molecule has 21 heavy (non-hydrogen) atoms. The molecule has 0 bridgehead atoms. The van der Waals surface area contributed by atoms with Crippen LogP contribution in [0.15, 0.2) is 17.7 Å². The van der Waals surface area contributed by atoms with Crippen LogP contribution in [-0.2, 0) is 16.0 Å². The molecule has 2 rings (SSSR count). The number of carbonyl (C=O) groups is 3. The molecule has 0 spiro atoms. The third-order valence-electron chi connectivity index (χ3n) is 3.80. The predicted octanol–water partition coefficient (Wildman–Crippen LogP) is 2.82. The molecule has 4 nitrogen and oxygen atoms in total. The summed E-state index contributed by atoms with van der Waals surface area (Å²) < 4.78 is 0. The lowest BCUT2D eigenvalue weighted by atomic mass is 9.81. The predicted molar refractivity (Wildman–Crippen MR) is 79.3 cm³/mol. The number of hydrogen-bond donors (Lipinski definition) is 1. The van der Waals surface area contributed by atoms with Gasteiger partial charge in [0.25, 0.3) is 0 Å². The molecule has 1 N–H and O–H groups in total. The number of allylic oxidation sites excluding steroid dienone is 1. The average molecular weight is 286 g/mol. The van der Waals surface area contributed by atoms with E-state index < -0.39 is 17.5 Å². The van der Waals surface area contributed by atoms with E-state index >= 15 is 0 Å². The lowest BCUT2D eigenvalue weighted by Gasteiger charge is -2.20. The summed E-state index contributed by atoms with van der Waals surface area (Å²) in [6.45, 7) is 5.58. The highest BCUT2D eigenvalue weighted by Gasteiger charge is 2.31. The van der Waals surface area contributed by atoms with Gasteiger partial charge in [-0.05, 0) is 42.0 Å². The molecule has 1 aromatic carbocycles. The topological polar surface area (TPSA) is 71.4 Å². The van der Waals surface area contributed by atoms with E-state index in [9.17, 15) is 14.4 Å². The van der Waals surface area contributed by atoms with Crippen molar-refractivity contribution in [3.05, 3.63) is 40.0 Å². The molecule has 4 heteroatoms. The van der Waals surface area contributed by atoms with Crippen LogP contribution in [0.1, 0.15) is 47.3 Å². The normalized spacial score (nSPS) is 14.2. The number of carbonyl (C=O) groups excluding carboxylic acids is 2. The van der Waals surface area contributed by atoms with Crippen molar-refractivity contribution in [3.63, 3.8) is 0 Å². The van der Waals surface area contributed by atoms with Crippen molar-refractivity contribution in [1.82, 2.24) is 0 Å². The number of fused-ring (bicyclic) bond motifs is 1. The maximum absolute atomic E-state index is 12.4. The Bertz CT molecular complexity index is 666. The van der Waals surface area contributed by atoms with E-state index in [0.717, 1.165) is 5.56 Å². The van der Waals surface area contributed by atoms with Gasteiger partial charge in [-0.2, -0.15) is 0 Å². The van der Waals surface area contributed by atoms with Crippen molar-refractivity contribution >= 4 is 23.6 Å². The summed E-state index contributed by atoms with van der Waals surface area (Å²) in [5, 5.41) is 8.84. The number of carboxylic acid groups (broad SMARTS) is 1. The van der Waals surface area contributed by atoms with Gasteiger partial charge in [0.15, 0.2) is 0 Å². The highest BCUT2D eigenvalue weighted by Crippen LogP contribution is 2.30. The zero-order valence-corrected chi connectivity index (χ0v) is 12.4. The van der Waals surface area contributed by atoms with E-state index in [1.165, 1.54) is 0 Å². The second-order valence-corrected chi connectivity index (χ2v) is 5.63. The fourth-order valence-electron chi connectivity index (χ4n) is 2.62. The zero-order chi connectivity index (χ0) is 15.7. The first-order chi connectivity index (χ1) is 9.82. The van der Waals surface area contributed by atoms with Crippen LogP contribution in [0.2, 0.25) is 0 Å². The van der Waals surface area contributed by atoms with Gasteiger partial charge in [-0.15, -0.1) is 0 Å². The molecule has 0 fully saturated rings. The maximum Gasteiger partial charge on any atom is 0.303 e. The van der Waals surface area contributed by atoms with Gasteiger partial charge < -0.3 is 5.11 Å². The number of aliphatic carboxylic acids is 1. The van der Waals surface area contributed by atoms with Crippen molar-refractivity contribution in [2.45, 2.75) is 33.6 Å². The number of Topliss-reactive ketones (excluding diaryl/α,β-unsaturated/α-hetero) is 2. The molecule has 110 valence electrons. The number of rotatable bonds is 4. The van der Waals surface area contributed by atoms with E-state index in [2.05, 4.69) is 0 Å². The van der Waals surface area contributed by atoms with Gasteiger partial charge in [0.2, 0.25) is 11.6 Å². The molecule has 0 atom stereocenters. The Morgan fingerprint density at radius 2 is 1.86 bits per heavy atom. The van der Waals surface area contributed by atoms with Crippen molar-refractivity contribution in [1.29, 1.82) is 0 Å². The van der Waals surface area contributed by atoms with Gasteiger partial charge in [0.05, 0.1) is 0 Å². The minimum absolute atomic E-state index is 0.0154. The second-order valence-electron chi connectivity index (χ2n) is 5.63. The quantitative estimate of drug-likeness (QED) is 0.864. The molecule has 0 radical (unpaired) electrons. The summed E-state index contributed by atoms with van der Waals surface area (Å²) in [7, 11) is 0. The Labute approximate surface area is 123 Å². The molecule has 1 aliphatic rings. The van der Waals surface area contributed by atoms with Crippen molar-refractivity contribution in [2.75, 3.05) is 0 Å². The fourth-order valence-corrected chi connectivity index (χ4v) is 2.62. The van der Waals surface area contributed by atoms with Crippen LogP contribution in [0.4, 0.5) is 0 Å². The highest BCUT2D eigenvalue weighted by atomic mass is 16.4. The van der Waals surface area contributed by atoms with E-state index in [-0.39, 0.29) is 18.8 Å². The summed E-state index contributed by atoms with van der Waals surface area (Å²) in [6, 6.07) is 3.69. The fraction of sp³-hybridized carbons (Fsp3) is 0.353. The molecule has 1 aromatic rings. The first-order valence-corrected chi connectivity index (χ1v) is 6.97. The van der Waals surface area contributed by atoms with E-state index in [1.807, 2.05) is 32.9 Å². The third kappa shape index (κ3) is 2.79. The molecular formula is C17H18O4. The molecule has 1 aliphatic carbocycles. The van der Waals surface area contributed by atoms with Crippen LogP contribution >= 0.6 is 0 Å². The van der Waals surface area contributed by atoms with Crippen LogP contribution in [0.3, 0.4) is 0 Å². The van der Waals surface area contributed by atoms with Gasteiger partial charge >= 0.3 is 5.97 Å². The van der Waals surface area contributed by atoms with Crippen LogP contribution in [0, 0.1) is 12.8 Å². The molecule has 0 saturated heterocycles. The molecule has 0 aromatic heterocycles. The van der Waals surface area contributed by atoms with E-state index in [1.54, 1.807) is 6.08 Å². The average Bonchev–Trinajstić information content (AvgIpc) is 2.41. The molecule has 0 heterocycles. The number of carboxylic acids is 1. The minimum atomic E-state index is -0.917. The second kappa shape index (κ2) is 5.64. The standard InChI is InChI=1S/C17H18O4/c1-9(2)13-8-11-5-4-10(3)12(6-7-14(18)19)15(11)17(21)16(13)20/h4-5,8-9H,6-7H2,1-3H3,(H,18,19).